The Labute approximate surface area is 145 Å². The van der Waals surface area contributed by atoms with E-state index in [0.29, 0.717) is 6.04 Å². The van der Waals surface area contributed by atoms with Crippen LogP contribution in [0.25, 0.3) is 10.8 Å². The smallest absolute Gasteiger partial charge is 0.0594 e. The molecule has 2 heterocycles. The molecule has 2 aliphatic rings. The quantitative estimate of drug-likeness (QED) is 0.856. The fourth-order valence-corrected chi connectivity index (χ4v) is 4.21. The number of ether oxygens (including phenoxy) is 1. The second kappa shape index (κ2) is 7.64. The molecule has 0 spiro atoms. The number of hydrogen-bond donors (Lipinski definition) is 0. The average Bonchev–Trinajstić information content (AvgIpc) is 2.64. The molecule has 0 saturated carbocycles. The van der Waals surface area contributed by atoms with E-state index in [-0.39, 0.29) is 0 Å². The van der Waals surface area contributed by atoms with E-state index in [1.165, 1.54) is 48.7 Å². The van der Waals surface area contributed by atoms with Gasteiger partial charge < -0.3 is 4.74 Å². The number of likely N-dealkylation sites (tertiary alicyclic amines) is 1. The van der Waals surface area contributed by atoms with Gasteiger partial charge in [-0.25, -0.2) is 0 Å². The molecule has 0 aromatic heterocycles. The molecule has 4 rings (SSSR count). The van der Waals surface area contributed by atoms with Gasteiger partial charge in [0, 0.05) is 32.2 Å². The molecular formula is C21H28N2O. The molecule has 0 radical (unpaired) electrons. The zero-order valence-corrected chi connectivity index (χ0v) is 14.5. The lowest BCUT2D eigenvalue weighted by Gasteiger charge is -2.39. The molecule has 2 fully saturated rings. The van der Waals surface area contributed by atoms with Crippen molar-refractivity contribution >= 4 is 10.8 Å². The predicted molar refractivity (Wildman–Crippen MR) is 99.3 cm³/mol. The van der Waals surface area contributed by atoms with Crippen molar-refractivity contribution in [3.8, 4) is 0 Å². The maximum absolute atomic E-state index is 5.50. The predicted octanol–water partition coefficient (Wildman–Crippen LogP) is 3.53. The Kier molecular flexibility index (Phi) is 5.12. The van der Waals surface area contributed by atoms with Crippen LogP contribution < -0.4 is 0 Å². The summed E-state index contributed by atoms with van der Waals surface area (Å²) >= 11 is 0. The minimum Gasteiger partial charge on any atom is -0.379 e. The zero-order chi connectivity index (χ0) is 16.2. The van der Waals surface area contributed by atoms with Gasteiger partial charge in [-0.15, -0.1) is 0 Å². The third kappa shape index (κ3) is 3.64. The fraction of sp³-hybridized carbons (Fsp3) is 0.524. The van der Waals surface area contributed by atoms with Crippen LogP contribution in [0.3, 0.4) is 0 Å². The van der Waals surface area contributed by atoms with Gasteiger partial charge in [-0.1, -0.05) is 48.9 Å². The molecule has 2 aromatic carbocycles. The minimum atomic E-state index is 0.691. The van der Waals surface area contributed by atoms with E-state index >= 15 is 0 Å². The van der Waals surface area contributed by atoms with E-state index in [9.17, 15) is 0 Å². The van der Waals surface area contributed by atoms with Crippen molar-refractivity contribution in [3.05, 3.63) is 48.0 Å². The van der Waals surface area contributed by atoms with E-state index in [0.717, 1.165) is 32.8 Å². The molecule has 0 aliphatic carbocycles. The monoisotopic (exact) mass is 324 g/mol. The van der Waals surface area contributed by atoms with Crippen molar-refractivity contribution < 1.29 is 4.74 Å². The van der Waals surface area contributed by atoms with E-state index in [4.69, 9.17) is 4.74 Å². The summed E-state index contributed by atoms with van der Waals surface area (Å²) in [6.45, 7) is 7.51. The highest BCUT2D eigenvalue weighted by Gasteiger charge is 2.25. The molecule has 2 aromatic rings. The highest BCUT2D eigenvalue weighted by Crippen LogP contribution is 2.25. The number of nitrogens with zero attached hydrogens (tertiary/aromatic N) is 2. The molecule has 0 bridgehead atoms. The van der Waals surface area contributed by atoms with Gasteiger partial charge in [-0.05, 0) is 35.7 Å². The number of morpholine rings is 1. The number of piperidine rings is 1. The Morgan fingerprint density at radius 3 is 2.67 bits per heavy atom. The van der Waals surface area contributed by atoms with Gasteiger partial charge in [0.1, 0.15) is 0 Å². The van der Waals surface area contributed by atoms with Crippen LogP contribution in [0.2, 0.25) is 0 Å². The molecule has 24 heavy (non-hydrogen) atoms. The number of hydrogen-bond acceptors (Lipinski definition) is 3. The minimum absolute atomic E-state index is 0.691. The highest BCUT2D eigenvalue weighted by atomic mass is 16.5. The third-order valence-corrected chi connectivity index (χ3v) is 5.58. The van der Waals surface area contributed by atoms with E-state index in [1.807, 2.05) is 0 Å². The fourth-order valence-electron chi connectivity index (χ4n) is 4.21. The van der Waals surface area contributed by atoms with Crippen LogP contribution in [0.4, 0.5) is 0 Å². The van der Waals surface area contributed by atoms with Crippen molar-refractivity contribution in [1.29, 1.82) is 0 Å². The maximum Gasteiger partial charge on any atom is 0.0594 e. The van der Waals surface area contributed by atoms with Crippen molar-refractivity contribution in [2.75, 3.05) is 39.4 Å². The van der Waals surface area contributed by atoms with Gasteiger partial charge in [0.05, 0.1) is 13.2 Å². The van der Waals surface area contributed by atoms with Gasteiger partial charge in [0.2, 0.25) is 0 Å². The zero-order valence-electron chi connectivity index (χ0n) is 14.5. The van der Waals surface area contributed by atoms with Crippen LogP contribution in [0.5, 0.6) is 0 Å². The average molecular weight is 324 g/mol. The third-order valence-electron chi connectivity index (χ3n) is 5.58. The molecule has 0 amide bonds. The molecule has 0 N–H and O–H groups in total. The molecule has 128 valence electrons. The molecule has 1 atom stereocenters. The first-order valence-corrected chi connectivity index (χ1v) is 9.41. The highest BCUT2D eigenvalue weighted by molar-refractivity contribution is 5.85. The maximum atomic E-state index is 5.50. The number of fused-ring (bicyclic) bond motifs is 1. The number of rotatable bonds is 4. The van der Waals surface area contributed by atoms with Crippen LogP contribution in [0, 0.1) is 0 Å². The normalized spacial score (nSPS) is 23.6. The van der Waals surface area contributed by atoms with E-state index in [1.54, 1.807) is 0 Å². The first kappa shape index (κ1) is 16.1. The Balaban J connectivity index is 1.50. The summed E-state index contributed by atoms with van der Waals surface area (Å²) in [5.74, 6) is 0. The Hall–Kier alpha value is -1.42. The lowest BCUT2D eigenvalue weighted by Crippen LogP contribution is -2.49. The van der Waals surface area contributed by atoms with Gasteiger partial charge in [0.15, 0.2) is 0 Å². The summed E-state index contributed by atoms with van der Waals surface area (Å²) in [6, 6.07) is 16.2. The lowest BCUT2D eigenvalue weighted by molar-refractivity contribution is 0.0154. The van der Waals surface area contributed by atoms with Crippen molar-refractivity contribution in [1.82, 2.24) is 9.80 Å². The molecule has 3 heteroatoms. The summed E-state index contributed by atoms with van der Waals surface area (Å²) in [5, 5.41) is 2.77. The van der Waals surface area contributed by atoms with Crippen molar-refractivity contribution in [2.45, 2.75) is 31.8 Å². The van der Waals surface area contributed by atoms with Gasteiger partial charge in [0.25, 0.3) is 0 Å². The second-order valence-electron chi connectivity index (χ2n) is 7.17. The Bertz CT molecular complexity index is 660. The van der Waals surface area contributed by atoms with Gasteiger partial charge in [-0.2, -0.15) is 0 Å². The number of benzene rings is 2. The molecule has 0 unspecified atom stereocenters. The summed E-state index contributed by atoms with van der Waals surface area (Å²) in [6.07, 6.45) is 4.05. The lowest BCUT2D eigenvalue weighted by atomic mass is 9.98. The van der Waals surface area contributed by atoms with Crippen LogP contribution in [-0.2, 0) is 11.3 Å². The SMILES string of the molecule is c1ccc2c(CN3CCCC[C@@H]3CN3CCOCC3)cccc2c1. The van der Waals surface area contributed by atoms with Crippen LogP contribution in [0.1, 0.15) is 24.8 Å². The standard InChI is InChI=1S/C21H28N2O/c1-2-10-21-18(6-1)7-5-8-19(21)16-23-11-4-3-9-20(23)17-22-12-14-24-15-13-22/h1-2,5-8,10,20H,3-4,9,11-17H2/t20-/m1/s1. The first-order chi connectivity index (χ1) is 11.9. The van der Waals surface area contributed by atoms with Crippen LogP contribution in [-0.4, -0.2) is 55.2 Å². The van der Waals surface area contributed by atoms with Gasteiger partial charge in [-0.3, -0.25) is 9.80 Å². The molecule has 3 nitrogen and oxygen atoms in total. The largest absolute Gasteiger partial charge is 0.379 e. The summed E-state index contributed by atoms with van der Waals surface area (Å²) < 4.78 is 5.50. The van der Waals surface area contributed by atoms with Crippen LogP contribution >= 0.6 is 0 Å². The molecule has 2 aliphatic heterocycles. The Morgan fingerprint density at radius 1 is 0.917 bits per heavy atom. The van der Waals surface area contributed by atoms with E-state index in [2.05, 4.69) is 52.3 Å². The van der Waals surface area contributed by atoms with Crippen molar-refractivity contribution in [3.63, 3.8) is 0 Å². The summed E-state index contributed by atoms with van der Waals surface area (Å²) in [4.78, 5) is 5.32. The van der Waals surface area contributed by atoms with Crippen LogP contribution in [0.15, 0.2) is 42.5 Å². The summed E-state index contributed by atoms with van der Waals surface area (Å²) in [5.41, 5.74) is 1.47. The van der Waals surface area contributed by atoms with E-state index < -0.39 is 0 Å². The topological polar surface area (TPSA) is 15.7 Å². The first-order valence-electron chi connectivity index (χ1n) is 9.41. The summed E-state index contributed by atoms with van der Waals surface area (Å²) in [7, 11) is 0. The second-order valence-corrected chi connectivity index (χ2v) is 7.17. The molecular weight excluding hydrogens is 296 g/mol. The Morgan fingerprint density at radius 2 is 1.75 bits per heavy atom. The molecule has 2 saturated heterocycles. The van der Waals surface area contributed by atoms with Gasteiger partial charge >= 0.3 is 0 Å². The van der Waals surface area contributed by atoms with Crippen molar-refractivity contribution in [2.24, 2.45) is 0 Å².